The molecule has 0 radical (unpaired) electrons. The molecule has 6 nitrogen and oxygen atoms in total. The largest absolute Gasteiger partial charge is 0.360 e. The van der Waals surface area contributed by atoms with Crippen LogP contribution in [0.5, 0.6) is 0 Å². The summed E-state index contributed by atoms with van der Waals surface area (Å²) >= 11 is 0. The highest BCUT2D eigenvalue weighted by Crippen LogP contribution is 2.17. The maximum atomic E-state index is 12.1. The van der Waals surface area contributed by atoms with Crippen LogP contribution in [0, 0.1) is 6.92 Å². The summed E-state index contributed by atoms with van der Waals surface area (Å²) in [6, 6.07) is 7.64. The Morgan fingerprint density at radius 2 is 2.24 bits per heavy atom. The van der Waals surface area contributed by atoms with E-state index in [2.05, 4.69) is 20.6 Å². The van der Waals surface area contributed by atoms with Crippen molar-refractivity contribution in [3.8, 4) is 0 Å². The molecule has 3 aromatic rings. The third kappa shape index (κ3) is 2.43. The number of carbonyl (C=O) groups excluding carboxylic acids is 1. The minimum Gasteiger partial charge on any atom is -0.360 e. The number of aromatic nitrogens is 3. The summed E-state index contributed by atoms with van der Waals surface area (Å²) < 4.78 is 1.75. The lowest BCUT2D eigenvalue weighted by Crippen LogP contribution is -2.17. The monoisotopic (exact) mass is 281 g/mol. The molecule has 0 bridgehead atoms. The quantitative estimate of drug-likeness (QED) is 0.569. The van der Waals surface area contributed by atoms with Gasteiger partial charge in [0.1, 0.15) is 0 Å². The first-order chi connectivity index (χ1) is 10.2. The molecular weight excluding hydrogens is 266 g/mol. The third-order valence-electron chi connectivity index (χ3n) is 3.48. The number of amides is 1. The van der Waals surface area contributed by atoms with E-state index in [0.29, 0.717) is 5.56 Å². The van der Waals surface area contributed by atoms with Gasteiger partial charge in [-0.25, -0.2) is 5.43 Å². The number of carbonyl (C=O) groups is 1. The van der Waals surface area contributed by atoms with Crippen LogP contribution in [0.15, 0.2) is 41.8 Å². The van der Waals surface area contributed by atoms with E-state index < -0.39 is 0 Å². The van der Waals surface area contributed by atoms with Crippen LogP contribution in [0.3, 0.4) is 0 Å². The molecule has 1 amide bonds. The Morgan fingerprint density at radius 3 is 3.00 bits per heavy atom. The molecule has 0 atom stereocenters. The maximum absolute atomic E-state index is 12.1. The lowest BCUT2D eigenvalue weighted by molar-refractivity contribution is 0.0957. The van der Waals surface area contributed by atoms with Crippen LogP contribution in [0.25, 0.3) is 10.9 Å². The summed E-state index contributed by atoms with van der Waals surface area (Å²) in [7, 11) is 1.86. The standard InChI is InChI=1S/C15H15N5O/c1-10-11(8-18-20(10)2)7-17-19-15(21)13-9-16-14-6-4-3-5-12(13)14/h3-9,16H,1-2H3,(H,19,21). The molecule has 0 spiro atoms. The molecule has 0 saturated carbocycles. The molecule has 3 rings (SSSR count). The fourth-order valence-electron chi connectivity index (χ4n) is 2.12. The predicted molar refractivity (Wildman–Crippen MR) is 81.3 cm³/mol. The molecule has 21 heavy (non-hydrogen) atoms. The van der Waals surface area contributed by atoms with Crippen LogP contribution in [0.2, 0.25) is 0 Å². The Balaban J connectivity index is 1.76. The highest BCUT2D eigenvalue weighted by Gasteiger charge is 2.10. The summed E-state index contributed by atoms with van der Waals surface area (Å²) in [5, 5.41) is 8.98. The number of hydrogen-bond donors (Lipinski definition) is 2. The number of fused-ring (bicyclic) bond motifs is 1. The predicted octanol–water partition coefficient (Wildman–Crippen LogP) is 1.97. The first-order valence-corrected chi connectivity index (χ1v) is 6.55. The van der Waals surface area contributed by atoms with Gasteiger partial charge in [0, 0.05) is 35.4 Å². The van der Waals surface area contributed by atoms with Gasteiger partial charge in [0.25, 0.3) is 5.91 Å². The van der Waals surface area contributed by atoms with E-state index in [1.807, 2.05) is 38.2 Å². The zero-order valence-electron chi connectivity index (χ0n) is 11.8. The van der Waals surface area contributed by atoms with E-state index in [1.165, 1.54) is 0 Å². The third-order valence-corrected chi connectivity index (χ3v) is 3.48. The molecule has 0 aliphatic heterocycles. The second kappa shape index (κ2) is 5.24. The number of H-pyrrole nitrogens is 1. The minimum atomic E-state index is -0.245. The molecule has 0 saturated heterocycles. The van der Waals surface area contributed by atoms with Gasteiger partial charge in [-0.3, -0.25) is 9.48 Å². The molecule has 0 fully saturated rings. The number of nitrogens with zero attached hydrogens (tertiary/aromatic N) is 3. The van der Waals surface area contributed by atoms with Crippen molar-refractivity contribution < 1.29 is 4.79 Å². The van der Waals surface area contributed by atoms with Crippen LogP contribution < -0.4 is 5.43 Å². The van der Waals surface area contributed by atoms with Crippen molar-refractivity contribution >= 4 is 23.0 Å². The zero-order valence-corrected chi connectivity index (χ0v) is 11.8. The average Bonchev–Trinajstić information content (AvgIpc) is 3.05. The van der Waals surface area contributed by atoms with Gasteiger partial charge in [-0.1, -0.05) is 18.2 Å². The van der Waals surface area contributed by atoms with Gasteiger partial charge in [0.05, 0.1) is 18.0 Å². The lowest BCUT2D eigenvalue weighted by Gasteiger charge is -1.98. The number of para-hydroxylation sites is 1. The first-order valence-electron chi connectivity index (χ1n) is 6.55. The molecule has 6 heteroatoms. The normalized spacial score (nSPS) is 11.3. The number of aryl methyl sites for hydroxylation is 1. The van der Waals surface area contributed by atoms with Gasteiger partial charge in [-0.05, 0) is 13.0 Å². The molecule has 0 unspecified atom stereocenters. The average molecular weight is 281 g/mol. The topological polar surface area (TPSA) is 75.1 Å². The van der Waals surface area contributed by atoms with Gasteiger partial charge in [0.15, 0.2) is 0 Å². The summed E-state index contributed by atoms with van der Waals surface area (Å²) in [5.74, 6) is -0.245. The molecule has 106 valence electrons. The highest BCUT2D eigenvalue weighted by molar-refractivity contribution is 6.06. The first kappa shape index (κ1) is 13.1. The van der Waals surface area contributed by atoms with E-state index in [-0.39, 0.29) is 5.91 Å². The van der Waals surface area contributed by atoms with Crippen LogP contribution in [0.4, 0.5) is 0 Å². The van der Waals surface area contributed by atoms with Crippen LogP contribution in [-0.4, -0.2) is 26.9 Å². The number of hydrogen-bond acceptors (Lipinski definition) is 3. The van der Waals surface area contributed by atoms with Gasteiger partial charge in [-0.15, -0.1) is 0 Å². The van der Waals surface area contributed by atoms with Crippen molar-refractivity contribution in [2.45, 2.75) is 6.92 Å². The van der Waals surface area contributed by atoms with Crippen LogP contribution in [-0.2, 0) is 7.05 Å². The molecule has 2 N–H and O–H groups in total. The fourth-order valence-corrected chi connectivity index (χ4v) is 2.12. The van der Waals surface area contributed by atoms with Gasteiger partial charge < -0.3 is 4.98 Å². The molecule has 2 aromatic heterocycles. The highest BCUT2D eigenvalue weighted by atomic mass is 16.2. The molecular formula is C15H15N5O. The summed E-state index contributed by atoms with van der Waals surface area (Å²) in [4.78, 5) is 15.2. The van der Waals surface area contributed by atoms with Crippen molar-refractivity contribution in [2.24, 2.45) is 12.1 Å². The maximum Gasteiger partial charge on any atom is 0.273 e. The Bertz CT molecular complexity index is 828. The summed E-state index contributed by atoms with van der Waals surface area (Å²) in [5.41, 5.74) is 5.89. The van der Waals surface area contributed by atoms with Gasteiger partial charge >= 0.3 is 0 Å². The Labute approximate surface area is 121 Å². The van der Waals surface area contributed by atoms with Crippen LogP contribution >= 0.6 is 0 Å². The Morgan fingerprint density at radius 1 is 1.43 bits per heavy atom. The number of rotatable bonds is 3. The van der Waals surface area contributed by atoms with Crippen molar-refractivity contribution in [1.82, 2.24) is 20.2 Å². The van der Waals surface area contributed by atoms with Crippen molar-refractivity contribution in [3.63, 3.8) is 0 Å². The number of hydrazone groups is 1. The van der Waals surface area contributed by atoms with E-state index in [0.717, 1.165) is 22.2 Å². The second-order valence-electron chi connectivity index (χ2n) is 4.76. The van der Waals surface area contributed by atoms with Crippen molar-refractivity contribution in [3.05, 3.63) is 53.5 Å². The van der Waals surface area contributed by atoms with Crippen molar-refractivity contribution in [2.75, 3.05) is 0 Å². The second-order valence-corrected chi connectivity index (χ2v) is 4.76. The Hall–Kier alpha value is -2.89. The lowest BCUT2D eigenvalue weighted by atomic mass is 10.2. The minimum absolute atomic E-state index is 0.245. The molecule has 0 aliphatic carbocycles. The Kier molecular flexibility index (Phi) is 3.27. The number of aromatic amines is 1. The van der Waals surface area contributed by atoms with Gasteiger partial charge in [-0.2, -0.15) is 10.2 Å². The van der Waals surface area contributed by atoms with Crippen molar-refractivity contribution in [1.29, 1.82) is 0 Å². The SMILES string of the molecule is Cc1c(C=NNC(=O)c2c[nH]c3ccccc23)cnn1C. The van der Waals surface area contributed by atoms with E-state index in [4.69, 9.17) is 0 Å². The number of nitrogens with one attached hydrogen (secondary N) is 2. The molecule has 2 heterocycles. The van der Waals surface area contributed by atoms with Crippen LogP contribution in [0.1, 0.15) is 21.6 Å². The summed E-state index contributed by atoms with van der Waals surface area (Å²) in [6.45, 7) is 1.94. The zero-order chi connectivity index (χ0) is 14.8. The van der Waals surface area contributed by atoms with E-state index in [1.54, 1.807) is 23.3 Å². The fraction of sp³-hybridized carbons (Fsp3) is 0.133. The van der Waals surface area contributed by atoms with E-state index in [9.17, 15) is 4.79 Å². The summed E-state index contributed by atoms with van der Waals surface area (Å²) in [6.07, 6.45) is 4.98. The smallest absolute Gasteiger partial charge is 0.273 e. The molecule has 0 aliphatic rings. The molecule has 1 aromatic carbocycles. The van der Waals surface area contributed by atoms with Gasteiger partial charge in [0.2, 0.25) is 0 Å². The van der Waals surface area contributed by atoms with E-state index >= 15 is 0 Å². The number of benzene rings is 1.